The molecule has 1 unspecified atom stereocenters. The Morgan fingerprint density at radius 1 is 1.09 bits per heavy atom. The van der Waals surface area contributed by atoms with Crippen LogP contribution in [0.5, 0.6) is 0 Å². The summed E-state index contributed by atoms with van der Waals surface area (Å²) in [6.07, 6.45) is 8.61. The summed E-state index contributed by atoms with van der Waals surface area (Å²) in [5, 5.41) is 13.2. The molecule has 8 heteroatoms. The first kappa shape index (κ1) is 26.9. The average Bonchev–Trinajstić information content (AvgIpc) is 3.08. The van der Waals surface area contributed by atoms with Gasteiger partial charge in [-0.3, -0.25) is 0 Å². The Kier molecular flexibility index (Phi) is 7.67. The number of hydrogen-bond donors (Lipinski definition) is 3. The third-order valence-corrected chi connectivity index (χ3v) is 11.1. The molecule has 4 fully saturated rings. The highest BCUT2D eigenvalue weighted by atomic mass is 32.1. The topological polar surface area (TPSA) is 103 Å². The highest BCUT2D eigenvalue weighted by Crippen LogP contribution is 2.67. The zero-order valence-electron chi connectivity index (χ0n) is 22.2. The lowest BCUT2D eigenvalue weighted by molar-refractivity contribution is -0.144. The van der Waals surface area contributed by atoms with Crippen molar-refractivity contribution in [2.24, 2.45) is 40.2 Å². The van der Waals surface area contributed by atoms with E-state index >= 15 is 0 Å². The number of hydrogen-bond acceptors (Lipinski definition) is 7. The largest absolute Gasteiger partial charge is 0.508 e. The second kappa shape index (κ2) is 9.97. The molecule has 0 heterocycles. The van der Waals surface area contributed by atoms with Crippen molar-refractivity contribution in [2.45, 2.75) is 109 Å². The monoisotopic (exact) mass is 510 g/mol. The second-order valence-electron chi connectivity index (χ2n) is 12.6. The Labute approximate surface area is 216 Å². The molecule has 200 valence electrons. The molecule has 9 atom stereocenters. The number of carbonyl (C=O) groups excluding carboxylic acids is 1. The number of methoxy groups -OCH3 is 1. The Hall–Kier alpha value is -1.12. The summed E-state index contributed by atoms with van der Waals surface area (Å²) in [4.78, 5) is 11.9. The molecule has 4 aliphatic rings. The van der Waals surface area contributed by atoms with Crippen LogP contribution in [0, 0.1) is 34.5 Å². The zero-order chi connectivity index (χ0) is 25.6. The van der Waals surface area contributed by atoms with E-state index in [0.29, 0.717) is 22.9 Å². The molecule has 4 aliphatic carbocycles. The van der Waals surface area contributed by atoms with Gasteiger partial charge in [0.2, 0.25) is 0 Å². The van der Waals surface area contributed by atoms with Gasteiger partial charge in [0.05, 0.1) is 19.8 Å². The van der Waals surface area contributed by atoms with E-state index in [-0.39, 0.29) is 47.1 Å². The molecule has 0 saturated heterocycles. The fraction of sp³-hybridized carbons (Fsp3) is 0.926. The maximum atomic E-state index is 11.9. The standard InChI is InChI=1S/C27H46N2O5S/c1-16(2)21(15-30)29-23(35)33-18-8-11-25(3)17(14-18)6-7-20-19(25)9-12-26(4)22(34-24(31)32-5)10-13-27(20,26)28/h16-22,30H,6-15,28H2,1-5H3,(H,29,35)/t17-,18+,19+,20-,21?,22+,25+,26-,27+/m1/s1. The maximum Gasteiger partial charge on any atom is 0.508 e. The van der Waals surface area contributed by atoms with Crippen molar-refractivity contribution in [1.82, 2.24) is 5.32 Å². The maximum absolute atomic E-state index is 11.9. The van der Waals surface area contributed by atoms with Crippen molar-refractivity contribution < 1.29 is 24.1 Å². The predicted octanol–water partition coefficient (Wildman–Crippen LogP) is 4.54. The fourth-order valence-electron chi connectivity index (χ4n) is 8.46. The summed E-state index contributed by atoms with van der Waals surface area (Å²) >= 11 is 5.49. The molecule has 35 heavy (non-hydrogen) atoms. The summed E-state index contributed by atoms with van der Waals surface area (Å²) in [7, 11) is 1.37. The minimum atomic E-state index is -0.595. The Balaban J connectivity index is 1.43. The first-order valence-electron chi connectivity index (χ1n) is 13.6. The number of aliphatic hydroxyl groups excluding tert-OH is 1. The lowest BCUT2D eigenvalue weighted by atomic mass is 9.43. The van der Waals surface area contributed by atoms with Crippen molar-refractivity contribution in [3.8, 4) is 0 Å². The van der Waals surface area contributed by atoms with Crippen LogP contribution in [0.3, 0.4) is 0 Å². The molecule has 0 amide bonds. The first-order valence-corrected chi connectivity index (χ1v) is 14.0. The quantitative estimate of drug-likeness (QED) is 0.366. The number of aliphatic hydroxyl groups is 1. The molecule has 0 aromatic heterocycles. The van der Waals surface area contributed by atoms with Crippen LogP contribution in [0.2, 0.25) is 0 Å². The molecule has 0 spiro atoms. The predicted molar refractivity (Wildman–Crippen MR) is 139 cm³/mol. The smallest absolute Gasteiger partial charge is 0.468 e. The minimum absolute atomic E-state index is 0.0425. The third-order valence-electron chi connectivity index (χ3n) is 10.9. The van der Waals surface area contributed by atoms with Crippen molar-refractivity contribution in [2.75, 3.05) is 13.7 Å². The van der Waals surface area contributed by atoms with Crippen LogP contribution in [0.4, 0.5) is 4.79 Å². The van der Waals surface area contributed by atoms with E-state index in [1.54, 1.807) is 0 Å². The molecular formula is C27H46N2O5S. The molecule has 0 radical (unpaired) electrons. The molecule has 4 saturated carbocycles. The van der Waals surface area contributed by atoms with E-state index < -0.39 is 6.16 Å². The van der Waals surface area contributed by atoms with Crippen molar-refractivity contribution in [1.29, 1.82) is 0 Å². The number of rotatable bonds is 5. The highest BCUT2D eigenvalue weighted by molar-refractivity contribution is 7.80. The molecule has 0 aromatic carbocycles. The van der Waals surface area contributed by atoms with Crippen LogP contribution < -0.4 is 11.1 Å². The zero-order valence-corrected chi connectivity index (χ0v) is 23.0. The van der Waals surface area contributed by atoms with Gasteiger partial charge in [0, 0.05) is 11.0 Å². The summed E-state index contributed by atoms with van der Waals surface area (Å²) in [5.74, 6) is 1.91. The SMILES string of the molecule is COC(=O)O[C@H]1CC[C@]2(N)[C@@H]3CC[C@@H]4C[C@@H](OC(=S)NC(CO)C(C)C)CC[C@]4(C)[C@H]3CC[C@]12C. The number of thiocarbonyl (C=S) groups is 1. The number of ether oxygens (including phenoxy) is 3. The van der Waals surface area contributed by atoms with Gasteiger partial charge >= 0.3 is 6.16 Å². The van der Waals surface area contributed by atoms with E-state index in [9.17, 15) is 9.90 Å². The van der Waals surface area contributed by atoms with E-state index in [4.69, 9.17) is 32.2 Å². The Morgan fingerprint density at radius 2 is 1.83 bits per heavy atom. The minimum Gasteiger partial charge on any atom is -0.468 e. The van der Waals surface area contributed by atoms with Crippen LogP contribution >= 0.6 is 12.2 Å². The molecule has 0 aliphatic heterocycles. The van der Waals surface area contributed by atoms with Gasteiger partial charge in [-0.15, -0.1) is 0 Å². The lowest BCUT2D eigenvalue weighted by Gasteiger charge is -2.64. The summed E-state index contributed by atoms with van der Waals surface area (Å²) in [5.41, 5.74) is 7.05. The summed E-state index contributed by atoms with van der Waals surface area (Å²) < 4.78 is 16.7. The fourth-order valence-corrected chi connectivity index (χ4v) is 8.74. The van der Waals surface area contributed by atoms with Crippen LogP contribution in [-0.2, 0) is 14.2 Å². The van der Waals surface area contributed by atoms with Crippen LogP contribution in [0.1, 0.15) is 85.5 Å². The van der Waals surface area contributed by atoms with E-state index in [0.717, 1.165) is 57.8 Å². The normalized spacial score (nSPS) is 43.4. The molecule has 7 nitrogen and oxygen atoms in total. The van der Waals surface area contributed by atoms with Gasteiger partial charge < -0.3 is 30.4 Å². The lowest BCUT2D eigenvalue weighted by Crippen LogP contribution is -2.67. The van der Waals surface area contributed by atoms with Gasteiger partial charge in [0.15, 0.2) is 0 Å². The first-order chi connectivity index (χ1) is 16.5. The van der Waals surface area contributed by atoms with Crippen LogP contribution in [0.15, 0.2) is 0 Å². The second-order valence-corrected chi connectivity index (χ2v) is 12.9. The molecule has 0 bridgehead atoms. The molecular weight excluding hydrogens is 464 g/mol. The van der Waals surface area contributed by atoms with E-state index in [1.165, 1.54) is 7.11 Å². The van der Waals surface area contributed by atoms with E-state index in [2.05, 4.69) is 33.0 Å². The van der Waals surface area contributed by atoms with Gasteiger partial charge in [-0.25, -0.2) is 4.79 Å². The molecule has 4 rings (SSSR count). The summed E-state index contributed by atoms with van der Waals surface area (Å²) in [6.45, 7) is 8.91. The number of carbonyl (C=O) groups is 1. The van der Waals surface area contributed by atoms with Gasteiger partial charge in [0.1, 0.15) is 12.2 Å². The highest BCUT2D eigenvalue weighted by Gasteiger charge is 2.67. The van der Waals surface area contributed by atoms with Gasteiger partial charge in [0.25, 0.3) is 5.17 Å². The average molecular weight is 511 g/mol. The Morgan fingerprint density at radius 3 is 2.49 bits per heavy atom. The molecule has 4 N–H and O–H groups in total. The van der Waals surface area contributed by atoms with Crippen molar-refractivity contribution >= 4 is 23.5 Å². The van der Waals surface area contributed by atoms with Crippen molar-refractivity contribution in [3.05, 3.63) is 0 Å². The van der Waals surface area contributed by atoms with Crippen molar-refractivity contribution in [3.63, 3.8) is 0 Å². The van der Waals surface area contributed by atoms with Crippen LogP contribution in [-0.4, -0.2) is 53.9 Å². The van der Waals surface area contributed by atoms with Gasteiger partial charge in [-0.05, 0) is 99.1 Å². The number of nitrogens with two attached hydrogens (primary N) is 1. The third kappa shape index (κ3) is 4.56. The van der Waals surface area contributed by atoms with Gasteiger partial charge in [-0.1, -0.05) is 27.7 Å². The van der Waals surface area contributed by atoms with E-state index in [1.807, 2.05) is 0 Å². The Bertz CT molecular complexity index is 810. The number of nitrogens with one attached hydrogen (secondary N) is 1. The van der Waals surface area contributed by atoms with Crippen LogP contribution in [0.25, 0.3) is 0 Å². The molecule has 0 aromatic rings. The van der Waals surface area contributed by atoms with Gasteiger partial charge in [-0.2, -0.15) is 0 Å². The summed E-state index contributed by atoms with van der Waals surface area (Å²) in [6, 6.07) is -0.0810. The number of fused-ring (bicyclic) bond motifs is 5.